The van der Waals surface area contributed by atoms with Crippen LogP contribution in [0.3, 0.4) is 0 Å². The van der Waals surface area contributed by atoms with E-state index in [-0.39, 0.29) is 0 Å². The van der Waals surface area contributed by atoms with Crippen LogP contribution in [0.1, 0.15) is 33.6 Å². The molecule has 1 aliphatic heterocycles. The highest BCUT2D eigenvalue weighted by Gasteiger charge is 2.40. The number of hydrogen-bond acceptors (Lipinski definition) is 2. The first-order valence-corrected chi connectivity index (χ1v) is 5.43. The Morgan fingerprint density at radius 1 is 1.23 bits per heavy atom. The highest BCUT2D eigenvalue weighted by atomic mass is 16.5. The Hall–Kier alpha value is -0.0800. The van der Waals surface area contributed by atoms with Crippen LogP contribution >= 0.6 is 0 Å². The molecule has 0 aromatic heterocycles. The standard InChI is InChI=1S/C11H21NO/c1-11(2,3)12-6-7-13-8-10(12)9-4-5-9/h9-10H,4-8H2,1-3H3/t10-/m0/s1. The Labute approximate surface area is 81.3 Å². The van der Waals surface area contributed by atoms with Gasteiger partial charge in [0.2, 0.25) is 0 Å². The summed E-state index contributed by atoms with van der Waals surface area (Å²) >= 11 is 0. The summed E-state index contributed by atoms with van der Waals surface area (Å²) < 4.78 is 5.57. The van der Waals surface area contributed by atoms with E-state index in [0.29, 0.717) is 11.6 Å². The molecule has 1 heterocycles. The minimum atomic E-state index is 0.317. The minimum absolute atomic E-state index is 0.317. The molecule has 0 spiro atoms. The van der Waals surface area contributed by atoms with Crippen molar-refractivity contribution < 1.29 is 4.74 Å². The molecule has 0 amide bonds. The van der Waals surface area contributed by atoms with E-state index in [0.717, 1.165) is 25.7 Å². The third-order valence-corrected chi connectivity index (χ3v) is 3.19. The van der Waals surface area contributed by atoms with E-state index in [1.807, 2.05) is 0 Å². The SMILES string of the molecule is CC(C)(C)N1CCOC[C@H]1C1CC1. The van der Waals surface area contributed by atoms with Gasteiger partial charge >= 0.3 is 0 Å². The van der Waals surface area contributed by atoms with E-state index >= 15 is 0 Å². The Bertz CT molecular complexity index is 181. The molecular formula is C11H21NO. The molecule has 1 aliphatic carbocycles. The van der Waals surface area contributed by atoms with Crippen LogP contribution < -0.4 is 0 Å². The molecular weight excluding hydrogens is 162 g/mol. The zero-order valence-corrected chi connectivity index (χ0v) is 9.05. The summed E-state index contributed by atoms with van der Waals surface area (Å²) in [4.78, 5) is 2.63. The van der Waals surface area contributed by atoms with Gasteiger partial charge in [0.05, 0.1) is 13.2 Å². The van der Waals surface area contributed by atoms with Crippen molar-refractivity contribution >= 4 is 0 Å². The fourth-order valence-electron chi connectivity index (χ4n) is 2.33. The van der Waals surface area contributed by atoms with Crippen LogP contribution in [-0.4, -0.2) is 36.2 Å². The second-order valence-corrected chi connectivity index (χ2v) is 5.34. The Morgan fingerprint density at radius 3 is 2.46 bits per heavy atom. The molecule has 2 rings (SSSR count). The lowest BCUT2D eigenvalue weighted by Crippen LogP contribution is -2.55. The molecule has 2 aliphatic rings. The number of morpholine rings is 1. The summed E-state index contributed by atoms with van der Waals surface area (Å²) in [6, 6.07) is 0.703. The molecule has 2 heteroatoms. The average Bonchev–Trinajstić information content (AvgIpc) is 2.85. The van der Waals surface area contributed by atoms with Crippen molar-refractivity contribution in [1.29, 1.82) is 0 Å². The lowest BCUT2D eigenvalue weighted by atomic mass is 9.99. The topological polar surface area (TPSA) is 12.5 Å². The third kappa shape index (κ3) is 2.05. The van der Waals surface area contributed by atoms with Gasteiger partial charge in [-0.2, -0.15) is 0 Å². The number of ether oxygens (including phenoxy) is 1. The second kappa shape index (κ2) is 3.25. The van der Waals surface area contributed by atoms with Crippen molar-refractivity contribution in [3.63, 3.8) is 0 Å². The van der Waals surface area contributed by atoms with E-state index in [9.17, 15) is 0 Å². The maximum Gasteiger partial charge on any atom is 0.0625 e. The zero-order chi connectivity index (χ0) is 9.47. The summed E-state index contributed by atoms with van der Waals surface area (Å²) in [5.41, 5.74) is 0.317. The molecule has 1 saturated carbocycles. The summed E-state index contributed by atoms with van der Waals surface area (Å²) in [6.45, 7) is 9.93. The van der Waals surface area contributed by atoms with Gasteiger partial charge in [0.15, 0.2) is 0 Å². The monoisotopic (exact) mass is 183 g/mol. The first-order chi connectivity index (χ1) is 6.09. The Kier molecular flexibility index (Phi) is 2.37. The highest BCUT2D eigenvalue weighted by Crippen LogP contribution is 2.38. The van der Waals surface area contributed by atoms with E-state index in [2.05, 4.69) is 25.7 Å². The molecule has 13 heavy (non-hydrogen) atoms. The second-order valence-electron chi connectivity index (χ2n) is 5.34. The van der Waals surface area contributed by atoms with Crippen molar-refractivity contribution in [3.8, 4) is 0 Å². The van der Waals surface area contributed by atoms with Crippen molar-refractivity contribution in [3.05, 3.63) is 0 Å². The van der Waals surface area contributed by atoms with Crippen LogP contribution in [-0.2, 0) is 4.74 Å². The van der Waals surface area contributed by atoms with Gasteiger partial charge < -0.3 is 4.74 Å². The largest absolute Gasteiger partial charge is 0.378 e. The number of rotatable bonds is 1. The summed E-state index contributed by atoms with van der Waals surface area (Å²) in [5, 5.41) is 0. The number of hydrogen-bond donors (Lipinski definition) is 0. The minimum Gasteiger partial charge on any atom is -0.378 e. The first kappa shape index (κ1) is 9.47. The van der Waals surface area contributed by atoms with Gasteiger partial charge in [-0.1, -0.05) is 0 Å². The van der Waals surface area contributed by atoms with Crippen LogP contribution in [0.25, 0.3) is 0 Å². The maximum atomic E-state index is 5.57. The van der Waals surface area contributed by atoms with Crippen molar-refractivity contribution in [2.24, 2.45) is 5.92 Å². The lowest BCUT2D eigenvalue weighted by molar-refractivity contribution is -0.0566. The maximum absolute atomic E-state index is 5.57. The predicted molar refractivity (Wildman–Crippen MR) is 53.8 cm³/mol. The van der Waals surface area contributed by atoms with E-state index < -0.39 is 0 Å². The molecule has 0 aromatic rings. The molecule has 1 saturated heterocycles. The van der Waals surface area contributed by atoms with Gasteiger partial charge in [-0.15, -0.1) is 0 Å². The highest BCUT2D eigenvalue weighted by molar-refractivity contribution is 4.94. The van der Waals surface area contributed by atoms with E-state index in [1.54, 1.807) is 0 Å². The summed E-state index contributed by atoms with van der Waals surface area (Å²) in [6.07, 6.45) is 2.83. The normalized spacial score (nSPS) is 32.1. The van der Waals surface area contributed by atoms with Crippen LogP contribution in [0.4, 0.5) is 0 Å². The molecule has 2 nitrogen and oxygen atoms in total. The predicted octanol–water partition coefficient (Wildman–Crippen LogP) is 1.90. The van der Waals surface area contributed by atoms with Crippen LogP contribution in [0, 0.1) is 5.92 Å². The molecule has 0 aromatic carbocycles. The van der Waals surface area contributed by atoms with Crippen LogP contribution in [0.15, 0.2) is 0 Å². The molecule has 1 atom stereocenters. The quantitative estimate of drug-likeness (QED) is 0.615. The molecule has 76 valence electrons. The lowest BCUT2D eigenvalue weighted by Gasteiger charge is -2.44. The Balaban J connectivity index is 2.03. The van der Waals surface area contributed by atoms with Crippen molar-refractivity contribution in [1.82, 2.24) is 4.90 Å². The molecule has 0 unspecified atom stereocenters. The Morgan fingerprint density at radius 2 is 1.92 bits per heavy atom. The fraction of sp³-hybridized carbons (Fsp3) is 1.00. The van der Waals surface area contributed by atoms with Crippen molar-refractivity contribution in [2.45, 2.75) is 45.2 Å². The van der Waals surface area contributed by atoms with Gasteiger partial charge in [0.25, 0.3) is 0 Å². The molecule has 0 N–H and O–H groups in total. The zero-order valence-electron chi connectivity index (χ0n) is 9.05. The fourth-order valence-corrected chi connectivity index (χ4v) is 2.33. The molecule has 0 bridgehead atoms. The smallest absolute Gasteiger partial charge is 0.0625 e. The van der Waals surface area contributed by atoms with Gasteiger partial charge in [-0.05, 0) is 39.5 Å². The van der Waals surface area contributed by atoms with E-state index in [1.165, 1.54) is 12.8 Å². The first-order valence-electron chi connectivity index (χ1n) is 5.43. The molecule has 0 radical (unpaired) electrons. The summed E-state index contributed by atoms with van der Waals surface area (Å²) in [5.74, 6) is 0.930. The molecule has 2 fully saturated rings. The number of nitrogens with zero attached hydrogens (tertiary/aromatic N) is 1. The van der Waals surface area contributed by atoms with Crippen LogP contribution in [0.2, 0.25) is 0 Å². The third-order valence-electron chi connectivity index (χ3n) is 3.19. The van der Waals surface area contributed by atoms with Gasteiger partial charge in [-0.3, -0.25) is 4.90 Å². The van der Waals surface area contributed by atoms with Gasteiger partial charge in [0, 0.05) is 18.1 Å². The van der Waals surface area contributed by atoms with Crippen LogP contribution in [0.5, 0.6) is 0 Å². The summed E-state index contributed by atoms with van der Waals surface area (Å²) in [7, 11) is 0. The average molecular weight is 183 g/mol. The van der Waals surface area contributed by atoms with E-state index in [4.69, 9.17) is 4.74 Å². The van der Waals surface area contributed by atoms with Gasteiger partial charge in [-0.25, -0.2) is 0 Å². The van der Waals surface area contributed by atoms with Crippen molar-refractivity contribution in [2.75, 3.05) is 19.8 Å². The van der Waals surface area contributed by atoms with Gasteiger partial charge in [0.1, 0.15) is 0 Å².